The smallest absolute Gasteiger partial charge is 0.329 e. The van der Waals surface area contributed by atoms with Gasteiger partial charge in [0.25, 0.3) is 0 Å². The van der Waals surface area contributed by atoms with Crippen molar-refractivity contribution in [1.29, 1.82) is 0 Å². The van der Waals surface area contributed by atoms with Crippen LogP contribution >= 0.6 is 11.6 Å². The molecule has 18 heavy (non-hydrogen) atoms. The van der Waals surface area contributed by atoms with Gasteiger partial charge in [-0.2, -0.15) is 0 Å². The molecular weight excluding hydrogens is 264 g/mol. The van der Waals surface area contributed by atoms with Crippen molar-refractivity contribution in [3.05, 3.63) is 0 Å². The molecule has 114 valence electrons. The molecule has 6 nitrogen and oxygen atoms in total. The highest BCUT2D eigenvalue weighted by Gasteiger charge is 1.82. The molecule has 7 heteroatoms. The maximum Gasteiger partial charge on any atom is 0.329 e. The van der Waals surface area contributed by atoms with Gasteiger partial charge in [0, 0.05) is 12.8 Å². The molecule has 0 heterocycles. The summed E-state index contributed by atoms with van der Waals surface area (Å²) >= 11 is 4.82. The van der Waals surface area contributed by atoms with Crippen LogP contribution in [0.25, 0.3) is 0 Å². The fourth-order valence-electron chi connectivity index (χ4n) is 0. The highest BCUT2D eigenvalue weighted by Crippen LogP contribution is 1.81. The van der Waals surface area contributed by atoms with Crippen LogP contribution in [-0.2, 0) is 14.4 Å². The molecule has 0 saturated heterocycles. The predicted molar refractivity (Wildman–Crippen MR) is 74.0 cm³/mol. The van der Waals surface area contributed by atoms with Gasteiger partial charge in [0.2, 0.25) is 5.24 Å². The zero-order valence-electron chi connectivity index (χ0n) is 8.57. The van der Waals surface area contributed by atoms with Crippen molar-refractivity contribution in [3.8, 4) is 0 Å². The number of rotatable bonds is 3. The van der Waals surface area contributed by atoms with E-state index in [1.807, 2.05) is 0 Å². The molecule has 0 aromatic heterocycles. The average Bonchev–Trinajstić information content (AvgIpc) is 2.19. The quantitative estimate of drug-likeness (QED) is 0.689. The van der Waals surface area contributed by atoms with Crippen LogP contribution in [0.4, 0.5) is 0 Å². The summed E-state index contributed by atoms with van der Waals surface area (Å²) in [5, 5.41) is 22.5. The molecule has 0 rings (SSSR count). The van der Waals surface area contributed by atoms with Crippen LogP contribution in [0.5, 0.6) is 0 Å². The summed E-state index contributed by atoms with van der Waals surface area (Å²) in [7, 11) is 0. The molecule has 0 saturated carbocycles. The predicted octanol–water partition coefficient (Wildman–Crippen LogP) is 2.61. The Morgan fingerprint density at radius 2 is 1.06 bits per heavy atom. The minimum Gasteiger partial charge on any atom is -0.481 e. The van der Waals surface area contributed by atoms with Gasteiger partial charge in [0.15, 0.2) is 0 Å². The summed E-state index contributed by atoms with van der Waals surface area (Å²) in [5.41, 5.74) is 0. The lowest BCUT2D eigenvalue weighted by atomic mass is 10.5. The molecule has 0 aliphatic heterocycles. The van der Waals surface area contributed by atoms with Crippen LogP contribution < -0.4 is 0 Å². The summed E-state index contributed by atoms with van der Waals surface area (Å²) < 4.78 is 0. The third kappa shape index (κ3) is 121. The number of halogens is 1. The highest BCUT2D eigenvalue weighted by molar-refractivity contribution is 6.63. The molecule has 0 aliphatic carbocycles. The average molecular weight is 291 g/mol. The second kappa shape index (κ2) is 29.7. The number of aliphatic carboxylic acids is 2. The van der Waals surface area contributed by atoms with E-state index >= 15 is 0 Å². The first-order valence-electron chi connectivity index (χ1n) is 4.04. The van der Waals surface area contributed by atoms with Crippen molar-refractivity contribution in [1.82, 2.24) is 0 Å². The normalized spacial score (nSPS) is 6.22. The number of carboxylic acids is 2. The molecule has 0 fully saturated rings. The molecule has 0 radical (unpaired) electrons. The number of hydrogen-bond donors (Lipinski definition) is 3. The molecule has 0 amide bonds. The fourth-order valence-corrected chi connectivity index (χ4v) is 0. The van der Waals surface area contributed by atoms with Gasteiger partial charge >= 0.3 is 11.9 Å². The van der Waals surface area contributed by atoms with Crippen molar-refractivity contribution < 1.29 is 29.7 Å². The van der Waals surface area contributed by atoms with Crippen molar-refractivity contribution >= 4 is 28.8 Å². The minimum atomic E-state index is -1.19. The van der Waals surface area contributed by atoms with Gasteiger partial charge in [-0.3, -0.25) is 9.59 Å². The van der Waals surface area contributed by atoms with E-state index in [4.69, 9.17) is 31.7 Å². The lowest BCUT2D eigenvalue weighted by molar-refractivity contribution is -0.140. The number of carboxylic acid groups (broad SMARTS) is 2. The van der Waals surface area contributed by atoms with Gasteiger partial charge in [0.1, 0.15) is 6.61 Å². The van der Waals surface area contributed by atoms with Gasteiger partial charge in [0.05, 0.1) is 0 Å². The molecular formula is C11H27ClO6. The first-order chi connectivity index (χ1) is 6.81. The maximum absolute atomic E-state index is 9.58. The summed E-state index contributed by atoms with van der Waals surface area (Å²) in [6.45, 7) is 2.54. The third-order valence-corrected chi connectivity index (χ3v) is 0.983. The summed E-state index contributed by atoms with van der Waals surface area (Å²) in [6.07, 6.45) is 0.654. The Bertz CT molecular complexity index is 161. The lowest BCUT2D eigenvalue weighted by Crippen LogP contribution is -1.98. The number of carbonyl (C=O) groups is 3. The molecule has 3 N–H and O–H groups in total. The second-order valence-electron chi connectivity index (χ2n) is 2.01. The van der Waals surface area contributed by atoms with Crippen LogP contribution in [0.3, 0.4) is 0 Å². The van der Waals surface area contributed by atoms with Crippen molar-refractivity contribution in [3.63, 3.8) is 0 Å². The van der Waals surface area contributed by atoms with Gasteiger partial charge in [-0.1, -0.05) is 36.1 Å². The minimum absolute atomic E-state index is 0. The second-order valence-corrected chi connectivity index (χ2v) is 2.43. The van der Waals surface area contributed by atoms with E-state index in [1.54, 1.807) is 13.8 Å². The first kappa shape index (κ1) is 36.0. The van der Waals surface area contributed by atoms with E-state index in [0.717, 1.165) is 0 Å². The van der Waals surface area contributed by atoms with E-state index in [-0.39, 0.29) is 33.9 Å². The zero-order valence-corrected chi connectivity index (χ0v) is 9.32. The Morgan fingerprint density at radius 3 is 1.06 bits per heavy atom. The molecule has 0 aromatic rings. The monoisotopic (exact) mass is 290 g/mol. The Morgan fingerprint density at radius 1 is 0.889 bits per heavy atom. The first-order valence-corrected chi connectivity index (χ1v) is 4.42. The third-order valence-electron chi connectivity index (χ3n) is 0.716. The number of aliphatic hydroxyl groups excluding tert-OH is 1. The van der Waals surface area contributed by atoms with Crippen molar-refractivity contribution in [2.24, 2.45) is 0 Å². The van der Waals surface area contributed by atoms with Gasteiger partial charge in [-0.15, -0.1) is 0 Å². The summed E-state index contributed by atoms with van der Waals surface area (Å²) in [6, 6.07) is 0. The SMILES string of the molecule is C.C.C.CCC(=O)Cl.CCC(=O)O.O=C(O)CO. The van der Waals surface area contributed by atoms with Crippen LogP contribution in [0.2, 0.25) is 0 Å². The zero-order chi connectivity index (χ0) is 12.9. The Labute approximate surface area is 115 Å². The van der Waals surface area contributed by atoms with E-state index in [0.29, 0.717) is 6.42 Å². The van der Waals surface area contributed by atoms with E-state index in [9.17, 15) is 9.59 Å². The topological polar surface area (TPSA) is 112 Å². The van der Waals surface area contributed by atoms with Crippen molar-refractivity contribution in [2.75, 3.05) is 6.61 Å². The van der Waals surface area contributed by atoms with E-state index in [1.165, 1.54) is 0 Å². The van der Waals surface area contributed by atoms with Crippen LogP contribution in [0.15, 0.2) is 0 Å². The van der Waals surface area contributed by atoms with Crippen LogP contribution in [-0.4, -0.2) is 39.1 Å². The molecule has 0 aliphatic rings. The lowest BCUT2D eigenvalue weighted by Gasteiger charge is -1.72. The van der Waals surface area contributed by atoms with Crippen LogP contribution in [0.1, 0.15) is 49.0 Å². The largest absolute Gasteiger partial charge is 0.481 e. The Kier molecular flexibility index (Phi) is 59.3. The number of hydrogen-bond acceptors (Lipinski definition) is 4. The van der Waals surface area contributed by atoms with Crippen LogP contribution in [0, 0.1) is 0 Å². The fraction of sp³-hybridized carbons (Fsp3) is 0.727. The standard InChI is InChI=1S/C3H5ClO.C3H6O2.C2H4O3.3CH4/c2*1-2-3(4)5;3-1-2(4)5;;;/h2H2,1H3;2H2,1H3,(H,4,5);3H,1H2,(H,4,5);3*1H4. The highest BCUT2D eigenvalue weighted by atomic mass is 35.5. The molecule has 0 unspecified atom stereocenters. The molecule has 0 atom stereocenters. The van der Waals surface area contributed by atoms with Crippen molar-refractivity contribution in [2.45, 2.75) is 49.0 Å². The van der Waals surface area contributed by atoms with E-state index < -0.39 is 18.5 Å². The van der Waals surface area contributed by atoms with E-state index in [2.05, 4.69) is 0 Å². The summed E-state index contributed by atoms with van der Waals surface area (Å²) in [4.78, 5) is 28.1. The Balaban J connectivity index is -0.0000000277. The van der Waals surface area contributed by atoms with Gasteiger partial charge in [-0.25, -0.2) is 4.79 Å². The molecule has 0 spiro atoms. The van der Waals surface area contributed by atoms with Gasteiger partial charge < -0.3 is 15.3 Å². The Hall–Kier alpha value is -1.14. The molecule has 0 bridgehead atoms. The number of aliphatic hydroxyl groups is 1. The molecule has 0 aromatic carbocycles. The van der Waals surface area contributed by atoms with Gasteiger partial charge in [-0.05, 0) is 11.6 Å². The summed E-state index contributed by atoms with van der Waals surface area (Å²) in [5.74, 6) is -1.94. The maximum atomic E-state index is 9.58. The number of carbonyl (C=O) groups excluding carboxylic acids is 1.